The van der Waals surface area contributed by atoms with Crippen LogP contribution in [-0.4, -0.2) is 29.9 Å². The first-order valence-corrected chi connectivity index (χ1v) is 23.6. The second-order valence-electron chi connectivity index (χ2n) is 17.3. The summed E-state index contributed by atoms with van der Waals surface area (Å²) in [5, 5.41) is 3.83. The van der Waals surface area contributed by atoms with Crippen molar-refractivity contribution in [3.05, 3.63) is 236 Å². The zero-order chi connectivity index (χ0) is 47.0. The van der Waals surface area contributed by atoms with Crippen molar-refractivity contribution < 1.29 is 0 Å². The van der Waals surface area contributed by atoms with Gasteiger partial charge in [0, 0.05) is 49.4 Å². The molecule has 0 radical (unpaired) electrons. The van der Waals surface area contributed by atoms with Crippen molar-refractivity contribution in [3.8, 4) is 78.8 Å². The molecule has 0 unspecified atom stereocenters. The average molecular weight is 897 g/mol. The molecule has 12 aromatic rings. The number of rotatable bonds is 9. The Morgan fingerprint density at radius 3 is 1.20 bits per heavy atom. The first kappa shape index (κ1) is 42.1. The van der Waals surface area contributed by atoms with Gasteiger partial charge in [-0.3, -0.25) is 0 Å². The predicted octanol–water partition coefficient (Wildman–Crippen LogP) is 16.3. The van der Waals surface area contributed by atoms with Gasteiger partial charge in [0.2, 0.25) is 0 Å². The van der Waals surface area contributed by atoms with E-state index in [1.165, 1.54) is 0 Å². The van der Waals surface area contributed by atoms with Gasteiger partial charge in [0.05, 0.1) is 33.8 Å². The van der Waals surface area contributed by atoms with Crippen LogP contribution in [0.15, 0.2) is 231 Å². The number of benzene rings is 8. The molecular weight excluding hydrogens is 853 g/mol. The van der Waals surface area contributed by atoms with Crippen LogP contribution in [0.1, 0.15) is 19.5 Å². The largest absolute Gasteiger partial charge is 0.245 e. The Bertz CT molecular complexity index is 3990. The van der Waals surface area contributed by atoms with Crippen molar-refractivity contribution in [1.29, 1.82) is 0 Å². The molecule has 0 aliphatic rings. The normalized spacial score (nSPS) is 11.9. The molecule has 4 aromatic heterocycles. The van der Waals surface area contributed by atoms with Gasteiger partial charge in [0.1, 0.15) is 11.0 Å². The molecule has 6 nitrogen and oxygen atoms in total. The van der Waals surface area contributed by atoms with E-state index in [-0.39, 0.29) is 0 Å². The molecule has 0 saturated carbocycles. The highest BCUT2D eigenvalue weighted by Gasteiger charge is 2.21. The molecule has 0 N–H and O–H groups in total. The lowest BCUT2D eigenvalue weighted by molar-refractivity contribution is 1.22. The predicted molar refractivity (Wildman–Crippen MR) is 290 cm³/mol. The lowest BCUT2D eigenvalue weighted by atomic mass is 9.94. The molecule has 8 aromatic carbocycles. The van der Waals surface area contributed by atoms with Gasteiger partial charge in [0.15, 0.2) is 11.6 Å². The van der Waals surface area contributed by atoms with Gasteiger partial charge in [-0.05, 0) is 72.0 Å². The van der Waals surface area contributed by atoms with E-state index < -0.39 is 0 Å². The van der Waals surface area contributed by atoms with Crippen LogP contribution in [0.2, 0.25) is 0 Å². The van der Waals surface area contributed by atoms with Gasteiger partial charge in [-0.2, -0.15) is 0 Å². The Labute approximate surface area is 406 Å². The lowest BCUT2D eigenvalue weighted by Crippen LogP contribution is -2.00. The first-order valence-electron chi connectivity index (χ1n) is 23.6. The van der Waals surface area contributed by atoms with Crippen molar-refractivity contribution in [1.82, 2.24) is 29.9 Å². The Hall–Kier alpha value is -9.26. The highest BCUT2D eigenvalue weighted by molar-refractivity contribution is 6.14. The molecule has 0 spiro atoms. The van der Waals surface area contributed by atoms with Crippen molar-refractivity contribution >= 4 is 49.2 Å². The fourth-order valence-corrected chi connectivity index (χ4v) is 9.57. The molecule has 0 amide bonds. The second kappa shape index (κ2) is 18.1. The van der Waals surface area contributed by atoms with Crippen molar-refractivity contribution in [2.45, 2.75) is 13.8 Å². The monoisotopic (exact) mass is 896 g/mol. The number of pyridine rings is 2. The van der Waals surface area contributed by atoms with Crippen LogP contribution < -0.4 is 0 Å². The summed E-state index contributed by atoms with van der Waals surface area (Å²) in [6.07, 6.45) is 6.28. The van der Waals surface area contributed by atoms with Crippen LogP contribution in [0.25, 0.3) is 128 Å². The number of allylic oxidation sites excluding steroid dienone is 4. The van der Waals surface area contributed by atoms with Gasteiger partial charge in [0.25, 0.3) is 0 Å². The Kier molecular flexibility index (Phi) is 10.9. The number of aromatic nitrogens is 6. The molecule has 0 aliphatic carbocycles. The van der Waals surface area contributed by atoms with E-state index in [2.05, 4.69) is 195 Å². The summed E-state index contributed by atoms with van der Waals surface area (Å²) < 4.78 is 0. The molecule has 330 valence electrons. The van der Waals surface area contributed by atoms with E-state index in [0.717, 1.165) is 122 Å². The van der Waals surface area contributed by atoms with Gasteiger partial charge < -0.3 is 0 Å². The Morgan fingerprint density at radius 1 is 0.329 bits per heavy atom. The quantitative estimate of drug-likeness (QED) is 0.106. The summed E-state index contributed by atoms with van der Waals surface area (Å²) in [6, 6.07) is 73.4. The minimum absolute atomic E-state index is 0.619. The summed E-state index contributed by atoms with van der Waals surface area (Å²) in [4.78, 5) is 32.4. The maximum Gasteiger partial charge on any atom is 0.160 e. The van der Waals surface area contributed by atoms with E-state index in [0.29, 0.717) is 11.6 Å². The molecule has 0 atom stereocenters. The number of hydrogen-bond donors (Lipinski definition) is 0. The lowest BCUT2D eigenvalue weighted by Gasteiger charge is -2.16. The van der Waals surface area contributed by atoms with Crippen LogP contribution in [-0.2, 0) is 0 Å². The minimum Gasteiger partial charge on any atom is -0.245 e. The second-order valence-corrected chi connectivity index (χ2v) is 17.3. The summed E-state index contributed by atoms with van der Waals surface area (Å²) in [5.41, 5.74) is 16.7. The van der Waals surface area contributed by atoms with Gasteiger partial charge in [-0.15, -0.1) is 0 Å². The molecule has 70 heavy (non-hydrogen) atoms. The average Bonchev–Trinajstić information content (AvgIpc) is 3.44. The molecule has 6 heteroatoms. The van der Waals surface area contributed by atoms with Crippen LogP contribution >= 0.6 is 0 Å². The third-order valence-electron chi connectivity index (χ3n) is 13.0. The van der Waals surface area contributed by atoms with Crippen LogP contribution in [0.3, 0.4) is 0 Å². The number of fused-ring (bicyclic) bond motifs is 6. The molecule has 0 fully saturated rings. The highest BCUT2D eigenvalue weighted by atomic mass is 14.9. The Morgan fingerprint density at radius 2 is 0.729 bits per heavy atom. The summed E-state index contributed by atoms with van der Waals surface area (Å²) in [7, 11) is 0. The van der Waals surface area contributed by atoms with Crippen LogP contribution in [0.5, 0.6) is 0 Å². The minimum atomic E-state index is 0.619. The number of hydrogen-bond acceptors (Lipinski definition) is 6. The maximum atomic E-state index is 5.43. The van der Waals surface area contributed by atoms with Crippen molar-refractivity contribution in [3.63, 3.8) is 0 Å². The van der Waals surface area contributed by atoms with E-state index in [1.54, 1.807) is 0 Å². The topological polar surface area (TPSA) is 77.3 Å². The molecule has 4 heterocycles. The molecular formula is C64H44N6. The Balaban J connectivity index is 1.12. The fourth-order valence-electron chi connectivity index (χ4n) is 9.57. The van der Waals surface area contributed by atoms with E-state index in [1.807, 2.05) is 49.4 Å². The summed E-state index contributed by atoms with van der Waals surface area (Å²) in [5.74, 6) is 1.24. The van der Waals surface area contributed by atoms with E-state index in [9.17, 15) is 0 Å². The third-order valence-corrected chi connectivity index (χ3v) is 13.0. The molecule has 0 bridgehead atoms. The summed E-state index contributed by atoms with van der Waals surface area (Å²) in [6.45, 7) is 4.09. The SMILES string of the molecule is C/C=C\C(=C/C)c1cc(-c2ccccc2)c2ccc3c(-c4cccc(-c5nc(-c6ccccc6)nc6c5ccc5c(-c7ccccc7)cc(-c7ccccc7)nc56)c4)nc(-c4ccccc4)nc3c2n1. The molecule has 12 rings (SSSR count). The fraction of sp³-hybridized carbons (Fsp3) is 0.0312. The molecule has 0 aliphatic heterocycles. The zero-order valence-electron chi connectivity index (χ0n) is 38.6. The van der Waals surface area contributed by atoms with Gasteiger partial charge in [-0.1, -0.05) is 200 Å². The maximum absolute atomic E-state index is 5.43. The summed E-state index contributed by atoms with van der Waals surface area (Å²) >= 11 is 0. The van der Waals surface area contributed by atoms with Gasteiger partial charge in [-0.25, -0.2) is 29.9 Å². The van der Waals surface area contributed by atoms with Crippen molar-refractivity contribution in [2.24, 2.45) is 0 Å². The standard InChI is InChI=1S/C64H44N6/c1-3-21-41(4-2)55-39-53(42-22-10-5-11-23-42)49-34-36-51-57(67-63(45-28-16-8-17-29-45)69-61(51)59(49)65-55)47-32-20-33-48(38-47)58-52-37-35-50-54(43-24-12-6-13-25-43)40-56(44-26-14-7-15-27-44)66-60(50)62(52)70-64(68-58)46-30-18-9-19-31-46/h3-40H,1-2H3/b21-3-,41-4+. The van der Waals surface area contributed by atoms with E-state index in [4.69, 9.17) is 29.9 Å². The first-order chi connectivity index (χ1) is 34.6. The van der Waals surface area contributed by atoms with Crippen LogP contribution in [0.4, 0.5) is 0 Å². The molecule has 0 saturated heterocycles. The number of nitrogens with zero attached hydrogens (tertiary/aromatic N) is 6. The zero-order valence-corrected chi connectivity index (χ0v) is 38.6. The highest BCUT2D eigenvalue weighted by Crippen LogP contribution is 2.41. The smallest absolute Gasteiger partial charge is 0.160 e. The van der Waals surface area contributed by atoms with Crippen molar-refractivity contribution in [2.75, 3.05) is 0 Å². The van der Waals surface area contributed by atoms with E-state index >= 15 is 0 Å². The van der Waals surface area contributed by atoms with Gasteiger partial charge >= 0.3 is 0 Å². The van der Waals surface area contributed by atoms with Crippen LogP contribution in [0, 0.1) is 0 Å². The third kappa shape index (κ3) is 7.67.